The minimum Gasteiger partial charge on any atom is -0.376 e. The Hall–Kier alpha value is -2.25. The summed E-state index contributed by atoms with van der Waals surface area (Å²) in [5.74, 6) is 0.372. The molecule has 0 aromatic carbocycles. The third-order valence-electron chi connectivity index (χ3n) is 3.51. The lowest BCUT2D eigenvalue weighted by Crippen LogP contribution is -2.28. The van der Waals surface area contributed by atoms with Crippen LogP contribution >= 0.6 is 0 Å². The molecule has 0 spiro atoms. The van der Waals surface area contributed by atoms with E-state index in [4.69, 9.17) is 14.0 Å². The van der Waals surface area contributed by atoms with E-state index in [-0.39, 0.29) is 25.2 Å². The molecule has 0 unspecified atom stereocenters. The van der Waals surface area contributed by atoms with Crippen molar-refractivity contribution in [1.29, 1.82) is 0 Å². The normalized spacial score (nSPS) is 17.3. The van der Waals surface area contributed by atoms with Crippen LogP contribution in [0, 0.1) is 0 Å². The number of ether oxygens (including phenoxy) is 2. The first kappa shape index (κ1) is 15.6. The highest BCUT2D eigenvalue weighted by Gasteiger charge is 2.16. The van der Waals surface area contributed by atoms with Crippen LogP contribution in [0.2, 0.25) is 0 Å². The molecule has 1 atom stereocenters. The van der Waals surface area contributed by atoms with E-state index in [1.807, 2.05) is 18.2 Å². The lowest BCUT2D eigenvalue weighted by Gasteiger charge is -2.09. The maximum atomic E-state index is 11.7. The van der Waals surface area contributed by atoms with E-state index < -0.39 is 0 Å². The lowest BCUT2D eigenvalue weighted by molar-refractivity contribution is -0.127. The summed E-state index contributed by atoms with van der Waals surface area (Å²) in [4.78, 5) is 15.9. The number of carbonyl (C=O) groups is 1. The predicted molar refractivity (Wildman–Crippen MR) is 81.4 cm³/mol. The molecule has 23 heavy (non-hydrogen) atoms. The van der Waals surface area contributed by atoms with Crippen molar-refractivity contribution >= 4 is 5.91 Å². The van der Waals surface area contributed by atoms with Gasteiger partial charge in [-0.1, -0.05) is 11.2 Å². The molecule has 0 saturated carbocycles. The number of aromatic nitrogens is 2. The molecular formula is C16H19N3O4. The van der Waals surface area contributed by atoms with E-state index in [9.17, 15) is 4.79 Å². The maximum Gasteiger partial charge on any atom is 0.246 e. The van der Waals surface area contributed by atoms with Crippen LogP contribution in [0.4, 0.5) is 0 Å². The summed E-state index contributed by atoms with van der Waals surface area (Å²) in [5.41, 5.74) is 1.37. The van der Waals surface area contributed by atoms with Gasteiger partial charge in [0.05, 0.1) is 24.9 Å². The van der Waals surface area contributed by atoms with Crippen molar-refractivity contribution in [3.63, 3.8) is 0 Å². The lowest BCUT2D eigenvalue weighted by atomic mass is 10.2. The van der Waals surface area contributed by atoms with Gasteiger partial charge in [0.2, 0.25) is 5.91 Å². The highest BCUT2D eigenvalue weighted by Crippen LogP contribution is 2.16. The van der Waals surface area contributed by atoms with Gasteiger partial charge in [0, 0.05) is 18.9 Å². The van der Waals surface area contributed by atoms with Crippen molar-refractivity contribution in [2.75, 3.05) is 19.8 Å². The number of carbonyl (C=O) groups excluding carboxylic acids is 1. The second kappa shape index (κ2) is 7.85. The molecule has 0 radical (unpaired) electrons. The highest BCUT2D eigenvalue weighted by molar-refractivity contribution is 5.77. The number of hydrogen-bond donors (Lipinski definition) is 1. The Morgan fingerprint density at radius 3 is 3.13 bits per heavy atom. The summed E-state index contributed by atoms with van der Waals surface area (Å²) < 4.78 is 16.0. The number of pyridine rings is 1. The fraction of sp³-hybridized carbons (Fsp3) is 0.438. The summed E-state index contributed by atoms with van der Waals surface area (Å²) in [6.07, 6.45) is 3.87. The van der Waals surface area contributed by atoms with Crippen LogP contribution in [0.15, 0.2) is 35.0 Å². The molecule has 1 amide bonds. The molecule has 1 aliphatic heterocycles. The van der Waals surface area contributed by atoms with Gasteiger partial charge in [-0.05, 0) is 25.0 Å². The summed E-state index contributed by atoms with van der Waals surface area (Å²) >= 11 is 0. The zero-order valence-electron chi connectivity index (χ0n) is 12.7. The van der Waals surface area contributed by atoms with Crippen LogP contribution in [0.5, 0.6) is 0 Å². The van der Waals surface area contributed by atoms with Crippen molar-refractivity contribution in [3.05, 3.63) is 36.2 Å². The molecule has 1 fully saturated rings. The molecule has 2 aromatic rings. The first-order valence-corrected chi connectivity index (χ1v) is 7.64. The van der Waals surface area contributed by atoms with Gasteiger partial charge in [0.25, 0.3) is 0 Å². The zero-order valence-corrected chi connectivity index (χ0v) is 12.7. The number of hydrogen-bond acceptors (Lipinski definition) is 6. The number of rotatable bonds is 7. The molecule has 7 nitrogen and oxygen atoms in total. The Balaban J connectivity index is 1.40. The van der Waals surface area contributed by atoms with E-state index >= 15 is 0 Å². The van der Waals surface area contributed by atoms with Crippen LogP contribution in [-0.2, 0) is 20.8 Å². The zero-order chi connectivity index (χ0) is 15.9. The fourth-order valence-electron chi connectivity index (χ4n) is 2.33. The third kappa shape index (κ3) is 4.61. The molecule has 7 heteroatoms. The number of nitrogens with zero attached hydrogens (tertiary/aromatic N) is 2. The van der Waals surface area contributed by atoms with E-state index in [0.29, 0.717) is 18.1 Å². The van der Waals surface area contributed by atoms with Gasteiger partial charge in [0.15, 0.2) is 5.76 Å². The molecule has 3 rings (SSSR count). The van der Waals surface area contributed by atoms with Crippen molar-refractivity contribution in [3.8, 4) is 11.4 Å². The Bertz CT molecular complexity index is 623. The first-order chi connectivity index (χ1) is 11.3. The largest absolute Gasteiger partial charge is 0.376 e. The van der Waals surface area contributed by atoms with Crippen LogP contribution < -0.4 is 5.32 Å². The SMILES string of the molecule is O=C(COC[C@@H]1CCCO1)NCc1cc(-c2ccccn2)no1. The fourth-order valence-corrected chi connectivity index (χ4v) is 2.33. The molecule has 1 N–H and O–H groups in total. The predicted octanol–water partition coefficient (Wildman–Crippen LogP) is 1.55. The van der Waals surface area contributed by atoms with Crippen molar-refractivity contribution in [1.82, 2.24) is 15.5 Å². The second-order valence-corrected chi connectivity index (χ2v) is 5.32. The van der Waals surface area contributed by atoms with Gasteiger partial charge in [0.1, 0.15) is 12.3 Å². The van der Waals surface area contributed by atoms with Crippen LogP contribution in [0.1, 0.15) is 18.6 Å². The third-order valence-corrected chi connectivity index (χ3v) is 3.51. The van der Waals surface area contributed by atoms with Crippen LogP contribution in [0.3, 0.4) is 0 Å². The Kier molecular flexibility index (Phi) is 5.33. The molecule has 122 valence electrons. The Labute approximate surface area is 134 Å². The molecule has 0 bridgehead atoms. The number of amides is 1. The smallest absolute Gasteiger partial charge is 0.246 e. The van der Waals surface area contributed by atoms with E-state index in [1.54, 1.807) is 12.3 Å². The van der Waals surface area contributed by atoms with Crippen LogP contribution in [-0.4, -0.2) is 42.0 Å². The molecule has 2 aromatic heterocycles. The van der Waals surface area contributed by atoms with Gasteiger partial charge in [-0.15, -0.1) is 0 Å². The summed E-state index contributed by atoms with van der Waals surface area (Å²) in [6, 6.07) is 7.32. The van der Waals surface area contributed by atoms with Crippen molar-refractivity contribution in [2.45, 2.75) is 25.5 Å². The standard InChI is InChI=1S/C16H19N3O4/c20-16(11-21-10-12-4-3-7-22-12)18-9-13-8-15(19-23-13)14-5-1-2-6-17-14/h1-2,5-6,8,12H,3-4,7,9-11H2,(H,18,20)/t12-/m0/s1. The Morgan fingerprint density at radius 2 is 2.35 bits per heavy atom. The average Bonchev–Trinajstić information content (AvgIpc) is 3.25. The number of nitrogens with one attached hydrogen (secondary N) is 1. The van der Waals surface area contributed by atoms with Gasteiger partial charge in [-0.25, -0.2) is 0 Å². The minimum atomic E-state index is -0.196. The Morgan fingerprint density at radius 1 is 1.39 bits per heavy atom. The molecular weight excluding hydrogens is 298 g/mol. The molecule has 1 saturated heterocycles. The second-order valence-electron chi connectivity index (χ2n) is 5.32. The summed E-state index contributed by atoms with van der Waals surface area (Å²) in [5, 5.41) is 6.67. The van der Waals surface area contributed by atoms with Crippen molar-refractivity contribution in [2.24, 2.45) is 0 Å². The molecule has 0 aliphatic carbocycles. The molecule has 1 aliphatic rings. The van der Waals surface area contributed by atoms with Crippen molar-refractivity contribution < 1.29 is 18.8 Å². The minimum absolute atomic E-state index is 0.0150. The van der Waals surface area contributed by atoms with E-state index in [0.717, 1.165) is 25.1 Å². The van der Waals surface area contributed by atoms with Gasteiger partial charge < -0.3 is 19.3 Å². The van der Waals surface area contributed by atoms with Gasteiger partial charge >= 0.3 is 0 Å². The maximum absolute atomic E-state index is 11.7. The van der Waals surface area contributed by atoms with Gasteiger partial charge in [-0.3, -0.25) is 9.78 Å². The first-order valence-electron chi connectivity index (χ1n) is 7.64. The van der Waals surface area contributed by atoms with E-state index in [1.165, 1.54) is 0 Å². The van der Waals surface area contributed by atoms with Crippen LogP contribution in [0.25, 0.3) is 11.4 Å². The van der Waals surface area contributed by atoms with E-state index in [2.05, 4.69) is 15.5 Å². The average molecular weight is 317 g/mol. The summed E-state index contributed by atoms with van der Waals surface area (Å²) in [7, 11) is 0. The molecule has 3 heterocycles. The monoisotopic (exact) mass is 317 g/mol. The van der Waals surface area contributed by atoms with Gasteiger partial charge in [-0.2, -0.15) is 0 Å². The topological polar surface area (TPSA) is 86.5 Å². The highest BCUT2D eigenvalue weighted by atomic mass is 16.5. The quantitative estimate of drug-likeness (QED) is 0.834. The summed E-state index contributed by atoms with van der Waals surface area (Å²) in [6.45, 7) is 1.52.